The van der Waals surface area contributed by atoms with E-state index in [4.69, 9.17) is 9.47 Å². The topological polar surface area (TPSA) is 47.9 Å². The van der Waals surface area contributed by atoms with E-state index in [1.165, 1.54) is 0 Å². The lowest BCUT2D eigenvalue weighted by molar-refractivity contribution is 0.0731. The summed E-state index contributed by atoms with van der Waals surface area (Å²) in [5.41, 5.74) is 1.46. The molecule has 2 rings (SSSR count). The summed E-state index contributed by atoms with van der Waals surface area (Å²) in [7, 11) is 0. The molecule has 0 unspecified atom stereocenters. The van der Waals surface area contributed by atoms with Crippen LogP contribution in [0.1, 0.15) is 56.5 Å². The van der Waals surface area contributed by atoms with Crippen LogP contribution in [0.4, 0.5) is 0 Å². The summed E-state index contributed by atoms with van der Waals surface area (Å²) < 4.78 is 11.3. The number of benzene rings is 2. The van der Waals surface area contributed by atoms with Crippen LogP contribution in [-0.4, -0.2) is 25.3 Å². The highest BCUT2D eigenvalue weighted by molar-refractivity contribution is 5.94. The lowest BCUT2D eigenvalue weighted by Crippen LogP contribution is -2.15. The second kappa shape index (κ2) is 9.91. The first kappa shape index (κ1) is 20.7. The van der Waals surface area contributed by atoms with Crippen molar-refractivity contribution in [3.8, 4) is 11.5 Å². The Morgan fingerprint density at radius 1 is 1.11 bits per heavy atom. The van der Waals surface area contributed by atoms with Crippen molar-refractivity contribution in [3.63, 3.8) is 0 Å². The molecule has 0 aliphatic heterocycles. The predicted octanol–water partition coefficient (Wildman–Crippen LogP) is 5.45. The number of hydrogen-bond donors (Lipinski definition) is 0. The number of carbonyl (C=O) groups is 1. The maximum Gasteiger partial charge on any atom is 0.347 e. The molecule has 0 fully saturated rings. The van der Waals surface area contributed by atoms with E-state index >= 15 is 0 Å². The van der Waals surface area contributed by atoms with Crippen LogP contribution in [0, 0.1) is 0 Å². The van der Waals surface area contributed by atoms with Crippen molar-refractivity contribution in [2.45, 2.75) is 46.0 Å². The van der Waals surface area contributed by atoms with E-state index in [0.717, 1.165) is 24.9 Å². The standard InChI is InChI=1S/C23H29NO3/c1-5-6-14-24-15-16-26-21-17-18(23(2,3)4)12-13-20(21)22(25)27-19-10-8-7-9-11-19/h7-13,15,17H,5-6,14,16H2,1-4H3. The van der Waals surface area contributed by atoms with E-state index in [2.05, 4.69) is 32.7 Å². The highest BCUT2D eigenvalue weighted by Gasteiger charge is 2.20. The molecule has 0 atom stereocenters. The number of carbonyl (C=O) groups excluding carboxylic acids is 1. The van der Waals surface area contributed by atoms with E-state index in [1.54, 1.807) is 24.4 Å². The van der Waals surface area contributed by atoms with Gasteiger partial charge in [-0.05, 0) is 41.7 Å². The van der Waals surface area contributed by atoms with Crippen molar-refractivity contribution in [2.24, 2.45) is 4.99 Å². The van der Waals surface area contributed by atoms with Gasteiger partial charge in [0.1, 0.15) is 23.7 Å². The van der Waals surface area contributed by atoms with Crippen LogP contribution in [0.25, 0.3) is 0 Å². The molecule has 4 heteroatoms. The van der Waals surface area contributed by atoms with Gasteiger partial charge in [-0.15, -0.1) is 0 Å². The molecule has 27 heavy (non-hydrogen) atoms. The molecule has 0 saturated heterocycles. The molecule has 0 amide bonds. The van der Waals surface area contributed by atoms with Gasteiger partial charge in [0.15, 0.2) is 0 Å². The Bertz CT molecular complexity index is 761. The van der Waals surface area contributed by atoms with Crippen molar-refractivity contribution in [1.82, 2.24) is 0 Å². The minimum atomic E-state index is -0.431. The Balaban J connectivity index is 2.18. The van der Waals surface area contributed by atoms with Gasteiger partial charge in [-0.3, -0.25) is 4.99 Å². The number of esters is 1. The lowest BCUT2D eigenvalue weighted by atomic mass is 9.86. The van der Waals surface area contributed by atoms with Crippen molar-refractivity contribution in [3.05, 3.63) is 59.7 Å². The largest absolute Gasteiger partial charge is 0.487 e. The fourth-order valence-corrected chi connectivity index (χ4v) is 2.45. The van der Waals surface area contributed by atoms with Crippen LogP contribution in [0.3, 0.4) is 0 Å². The number of hydrogen-bond acceptors (Lipinski definition) is 4. The Kier molecular flexibility index (Phi) is 7.59. The van der Waals surface area contributed by atoms with Crippen molar-refractivity contribution in [2.75, 3.05) is 13.2 Å². The second-order valence-corrected chi connectivity index (χ2v) is 7.42. The number of unbranched alkanes of at least 4 members (excludes halogenated alkanes) is 1. The molecule has 0 spiro atoms. The lowest BCUT2D eigenvalue weighted by Gasteiger charge is -2.21. The summed E-state index contributed by atoms with van der Waals surface area (Å²) in [6, 6.07) is 14.7. The predicted molar refractivity (Wildman–Crippen MR) is 110 cm³/mol. The minimum Gasteiger partial charge on any atom is -0.487 e. The van der Waals surface area contributed by atoms with Gasteiger partial charge < -0.3 is 9.47 Å². The van der Waals surface area contributed by atoms with Gasteiger partial charge in [0.05, 0.1) is 0 Å². The summed E-state index contributed by atoms with van der Waals surface area (Å²) in [5, 5.41) is 0. The maximum atomic E-state index is 12.6. The Hall–Kier alpha value is -2.62. The third kappa shape index (κ3) is 6.55. The Morgan fingerprint density at radius 2 is 1.85 bits per heavy atom. The van der Waals surface area contributed by atoms with Crippen LogP contribution in [0.2, 0.25) is 0 Å². The summed E-state index contributed by atoms with van der Waals surface area (Å²) in [6.07, 6.45) is 3.93. The Labute approximate surface area is 162 Å². The van der Waals surface area contributed by atoms with Gasteiger partial charge in [0.25, 0.3) is 0 Å². The van der Waals surface area contributed by atoms with Crippen molar-refractivity contribution >= 4 is 12.2 Å². The highest BCUT2D eigenvalue weighted by atomic mass is 16.5. The number of aliphatic imine (C=N–C) groups is 1. The molecule has 0 saturated carbocycles. The third-order valence-corrected chi connectivity index (χ3v) is 4.10. The monoisotopic (exact) mass is 367 g/mol. The quantitative estimate of drug-likeness (QED) is 0.270. The number of nitrogens with zero attached hydrogens (tertiary/aromatic N) is 1. The summed E-state index contributed by atoms with van der Waals surface area (Å²) in [6.45, 7) is 9.63. The zero-order valence-electron chi connectivity index (χ0n) is 16.7. The molecule has 0 aliphatic rings. The Morgan fingerprint density at radius 3 is 2.52 bits per heavy atom. The molecule has 0 radical (unpaired) electrons. The minimum absolute atomic E-state index is 0.0464. The van der Waals surface area contributed by atoms with Gasteiger partial charge >= 0.3 is 5.97 Å². The fourth-order valence-electron chi connectivity index (χ4n) is 2.45. The van der Waals surface area contributed by atoms with Gasteiger partial charge in [-0.1, -0.05) is 58.4 Å². The van der Waals surface area contributed by atoms with Gasteiger partial charge in [0, 0.05) is 12.8 Å². The third-order valence-electron chi connectivity index (χ3n) is 4.10. The number of para-hydroxylation sites is 1. The van der Waals surface area contributed by atoms with Crippen LogP contribution in [-0.2, 0) is 5.41 Å². The first-order chi connectivity index (χ1) is 12.9. The summed E-state index contributed by atoms with van der Waals surface area (Å²) >= 11 is 0. The maximum absolute atomic E-state index is 12.6. The normalized spacial score (nSPS) is 11.6. The van der Waals surface area contributed by atoms with Gasteiger partial charge in [0.2, 0.25) is 0 Å². The van der Waals surface area contributed by atoms with Gasteiger partial charge in [-0.25, -0.2) is 4.79 Å². The highest BCUT2D eigenvalue weighted by Crippen LogP contribution is 2.29. The van der Waals surface area contributed by atoms with E-state index < -0.39 is 5.97 Å². The molecule has 144 valence electrons. The number of rotatable bonds is 8. The summed E-state index contributed by atoms with van der Waals surface area (Å²) in [4.78, 5) is 17.0. The van der Waals surface area contributed by atoms with E-state index in [0.29, 0.717) is 23.7 Å². The molecule has 0 heterocycles. The SMILES string of the molecule is CCCCN=CCOc1cc(C(C)(C)C)ccc1C(=O)Oc1ccccc1. The van der Waals surface area contributed by atoms with Crippen molar-refractivity contribution in [1.29, 1.82) is 0 Å². The molecular formula is C23H29NO3. The van der Waals surface area contributed by atoms with Crippen LogP contribution >= 0.6 is 0 Å². The number of ether oxygens (including phenoxy) is 2. The zero-order valence-corrected chi connectivity index (χ0v) is 16.7. The van der Waals surface area contributed by atoms with Crippen molar-refractivity contribution < 1.29 is 14.3 Å². The fraction of sp³-hybridized carbons (Fsp3) is 0.391. The first-order valence-electron chi connectivity index (χ1n) is 9.44. The molecule has 4 nitrogen and oxygen atoms in total. The molecule has 2 aromatic carbocycles. The molecule has 0 N–H and O–H groups in total. The molecule has 0 aliphatic carbocycles. The molecule has 0 aromatic heterocycles. The average Bonchev–Trinajstić information content (AvgIpc) is 2.64. The first-order valence-corrected chi connectivity index (χ1v) is 9.44. The van der Waals surface area contributed by atoms with Gasteiger partial charge in [-0.2, -0.15) is 0 Å². The second-order valence-electron chi connectivity index (χ2n) is 7.42. The smallest absolute Gasteiger partial charge is 0.347 e. The van der Waals surface area contributed by atoms with E-state index in [1.807, 2.05) is 30.3 Å². The molecule has 2 aromatic rings. The zero-order chi connectivity index (χ0) is 19.7. The van der Waals surface area contributed by atoms with E-state index in [9.17, 15) is 4.79 Å². The van der Waals surface area contributed by atoms with Crippen LogP contribution in [0.15, 0.2) is 53.5 Å². The van der Waals surface area contributed by atoms with Crippen LogP contribution in [0.5, 0.6) is 11.5 Å². The average molecular weight is 367 g/mol. The summed E-state index contributed by atoms with van der Waals surface area (Å²) in [5.74, 6) is 0.597. The van der Waals surface area contributed by atoms with E-state index in [-0.39, 0.29) is 5.41 Å². The molecule has 0 bridgehead atoms. The van der Waals surface area contributed by atoms with Crippen LogP contribution < -0.4 is 9.47 Å². The molecular weight excluding hydrogens is 338 g/mol.